The zero-order valence-corrected chi connectivity index (χ0v) is 16.6. The van der Waals surface area contributed by atoms with Gasteiger partial charge in [-0.05, 0) is 54.1 Å². The molecule has 5 rings (SSSR count). The molecule has 154 valence electrons. The molecule has 0 fully saturated rings. The molecule has 1 amide bonds. The largest absolute Gasteiger partial charge is 0.503 e. The molecular weight excluding hydrogens is 406 g/mol. The van der Waals surface area contributed by atoms with E-state index in [1.165, 1.54) is 4.90 Å². The zero-order chi connectivity index (χ0) is 22.2. The molecule has 0 radical (unpaired) electrons. The van der Waals surface area contributed by atoms with Crippen LogP contribution in [0.1, 0.15) is 27.7 Å². The van der Waals surface area contributed by atoms with Crippen LogP contribution in [0.2, 0.25) is 0 Å². The number of rotatable bonds is 4. The van der Waals surface area contributed by atoms with Crippen molar-refractivity contribution in [1.29, 1.82) is 5.26 Å². The van der Waals surface area contributed by atoms with E-state index in [1.54, 1.807) is 67.0 Å². The SMILES string of the molecule is N#Cc1ccc(N2C(=O)C(O)=C(C(=O)c3cc4ccccc4o3)C2c2ccncc2)cc1. The summed E-state index contributed by atoms with van der Waals surface area (Å²) in [5.41, 5.74) is 1.92. The molecule has 0 bridgehead atoms. The molecular formula is C25H15N3O4. The van der Waals surface area contributed by atoms with Crippen molar-refractivity contribution in [2.45, 2.75) is 6.04 Å². The number of anilines is 1. The van der Waals surface area contributed by atoms with Crippen molar-refractivity contribution < 1.29 is 19.1 Å². The van der Waals surface area contributed by atoms with Crippen LogP contribution < -0.4 is 4.90 Å². The van der Waals surface area contributed by atoms with Crippen LogP contribution in [0.3, 0.4) is 0 Å². The number of hydrogen-bond donors (Lipinski definition) is 1. The van der Waals surface area contributed by atoms with Crippen molar-refractivity contribution in [3.63, 3.8) is 0 Å². The molecule has 2 aromatic carbocycles. The standard InChI is InChI=1S/C25H15N3O4/c26-14-15-5-7-18(8-6-15)28-22(16-9-11-27-12-10-16)21(24(30)25(28)31)23(29)20-13-17-3-1-2-4-19(17)32-20/h1-13,22,30H. The third-order valence-corrected chi connectivity index (χ3v) is 5.40. The summed E-state index contributed by atoms with van der Waals surface area (Å²) >= 11 is 0. The number of carbonyl (C=O) groups is 2. The number of ketones is 1. The third kappa shape index (κ3) is 3.02. The van der Waals surface area contributed by atoms with Crippen molar-refractivity contribution in [3.05, 3.63) is 107 Å². The fraction of sp³-hybridized carbons (Fsp3) is 0.0400. The Morgan fingerprint density at radius 1 is 1.06 bits per heavy atom. The molecule has 4 aromatic rings. The van der Waals surface area contributed by atoms with Crippen LogP contribution in [0.15, 0.2) is 94.9 Å². The molecule has 3 heterocycles. The lowest BCUT2D eigenvalue weighted by molar-refractivity contribution is -0.117. The highest BCUT2D eigenvalue weighted by atomic mass is 16.3. The molecule has 1 unspecified atom stereocenters. The summed E-state index contributed by atoms with van der Waals surface area (Å²) in [6.07, 6.45) is 3.10. The predicted molar refractivity (Wildman–Crippen MR) is 116 cm³/mol. The number of para-hydroxylation sites is 1. The van der Waals surface area contributed by atoms with Gasteiger partial charge in [0, 0.05) is 23.5 Å². The Kier molecular flexibility index (Phi) is 4.53. The monoisotopic (exact) mass is 421 g/mol. The minimum atomic E-state index is -0.890. The maximum Gasteiger partial charge on any atom is 0.294 e. The highest BCUT2D eigenvalue weighted by Crippen LogP contribution is 2.42. The van der Waals surface area contributed by atoms with Gasteiger partial charge in [-0.3, -0.25) is 19.5 Å². The number of fused-ring (bicyclic) bond motifs is 1. The first-order chi connectivity index (χ1) is 15.6. The number of benzene rings is 2. The van der Waals surface area contributed by atoms with Gasteiger partial charge in [0.1, 0.15) is 5.58 Å². The summed E-state index contributed by atoms with van der Waals surface area (Å²) < 4.78 is 5.71. The van der Waals surface area contributed by atoms with Gasteiger partial charge in [-0.25, -0.2) is 0 Å². The van der Waals surface area contributed by atoms with Gasteiger partial charge >= 0.3 is 0 Å². The molecule has 1 N–H and O–H groups in total. The fourth-order valence-corrected chi connectivity index (χ4v) is 3.89. The first-order valence-electron chi connectivity index (χ1n) is 9.78. The van der Waals surface area contributed by atoms with Gasteiger partial charge in [-0.2, -0.15) is 5.26 Å². The quantitative estimate of drug-likeness (QED) is 0.487. The lowest BCUT2D eigenvalue weighted by atomic mass is 9.95. The molecule has 0 spiro atoms. The Morgan fingerprint density at radius 2 is 1.78 bits per heavy atom. The molecule has 2 aromatic heterocycles. The van der Waals surface area contributed by atoms with Crippen LogP contribution in [0, 0.1) is 11.3 Å². The molecule has 0 saturated carbocycles. The van der Waals surface area contributed by atoms with E-state index in [2.05, 4.69) is 4.98 Å². The highest BCUT2D eigenvalue weighted by Gasteiger charge is 2.45. The van der Waals surface area contributed by atoms with Crippen LogP contribution >= 0.6 is 0 Å². The van der Waals surface area contributed by atoms with Crippen molar-refractivity contribution in [2.75, 3.05) is 4.90 Å². The van der Waals surface area contributed by atoms with Gasteiger partial charge < -0.3 is 9.52 Å². The van der Waals surface area contributed by atoms with Crippen LogP contribution in [0.4, 0.5) is 5.69 Å². The number of carbonyl (C=O) groups excluding carboxylic acids is 2. The number of Topliss-reactive ketones (excluding diaryl/α,β-unsaturated/α-hetero) is 1. The number of nitrogens with zero attached hydrogens (tertiary/aromatic N) is 3. The lowest BCUT2D eigenvalue weighted by Gasteiger charge is -2.26. The Hall–Kier alpha value is -4.70. The van der Waals surface area contributed by atoms with Crippen LogP contribution in [-0.4, -0.2) is 21.8 Å². The van der Waals surface area contributed by atoms with E-state index in [0.29, 0.717) is 22.4 Å². The van der Waals surface area contributed by atoms with Crippen LogP contribution in [0.25, 0.3) is 11.0 Å². The Balaban J connectivity index is 1.65. The molecule has 0 saturated heterocycles. The van der Waals surface area contributed by atoms with Crippen molar-refractivity contribution in [1.82, 2.24) is 4.98 Å². The van der Waals surface area contributed by atoms with E-state index >= 15 is 0 Å². The molecule has 7 nitrogen and oxygen atoms in total. The molecule has 0 aliphatic carbocycles. The van der Waals surface area contributed by atoms with Crippen LogP contribution in [0.5, 0.6) is 0 Å². The molecule has 1 aliphatic rings. The maximum absolute atomic E-state index is 13.5. The Bertz CT molecular complexity index is 1400. The van der Waals surface area contributed by atoms with Crippen LogP contribution in [-0.2, 0) is 4.79 Å². The normalized spacial score (nSPS) is 15.9. The summed E-state index contributed by atoms with van der Waals surface area (Å²) in [6.45, 7) is 0. The summed E-state index contributed by atoms with van der Waals surface area (Å²) in [7, 11) is 0. The molecule has 1 atom stereocenters. The van der Waals surface area contributed by atoms with E-state index in [9.17, 15) is 14.7 Å². The average molecular weight is 421 g/mol. The van der Waals surface area contributed by atoms with Gasteiger partial charge in [-0.1, -0.05) is 18.2 Å². The van der Waals surface area contributed by atoms with Gasteiger partial charge in [0.15, 0.2) is 11.5 Å². The van der Waals surface area contributed by atoms with Crippen molar-refractivity contribution in [3.8, 4) is 6.07 Å². The van der Waals surface area contributed by atoms with Gasteiger partial charge in [0.2, 0.25) is 5.78 Å². The summed E-state index contributed by atoms with van der Waals surface area (Å²) in [5.74, 6) is -1.90. The van der Waals surface area contributed by atoms with Crippen molar-refractivity contribution in [2.24, 2.45) is 0 Å². The second-order valence-electron chi connectivity index (χ2n) is 7.26. The highest BCUT2D eigenvalue weighted by molar-refractivity contribution is 6.20. The molecule has 32 heavy (non-hydrogen) atoms. The average Bonchev–Trinajstić information content (AvgIpc) is 3.38. The second kappa shape index (κ2) is 7.52. The molecule has 1 aliphatic heterocycles. The maximum atomic E-state index is 13.5. The smallest absolute Gasteiger partial charge is 0.294 e. The van der Waals surface area contributed by atoms with Crippen molar-refractivity contribution >= 4 is 28.3 Å². The van der Waals surface area contributed by atoms with E-state index in [4.69, 9.17) is 9.68 Å². The van der Waals surface area contributed by atoms with Gasteiger partial charge in [0.05, 0.1) is 23.2 Å². The number of aliphatic hydroxyl groups excluding tert-OH is 1. The zero-order valence-electron chi connectivity index (χ0n) is 16.6. The number of nitriles is 1. The van der Waals surface area contributed by atoms with Gasteiger partial charge in [-0.15, -0.1) is 0 Å². The summed E-state index contributed by atoms with van der Waals surface area (Å²) in [6, 6.07) is 19.6. The summed E-state index contributed by atoms with van der Waals surface area (Å²) in [5, 5.41) is 20.6. The minimum absolute atomic E-state index is 0.0290. The first kappa shape index (κ1) is 19.3. The number of pyridine rings is 1. The number of aliphatic hydroxyl groups is 1. The van der Waals surface area contributed by atoms with Gasteiger partial charge in [0.25, 0.3) is 5.91 Å². The first-order valence-corrected chi connectivity index (χ1v) is 9.78. The number of furan rings is 1. The minimum Gasteiger partial charge on any atom is -0.503 e. The Labute approximate surface area is 182 Å². The van der Waals surface area contributed by atoms with E-state index in [-0.39, 0.29) is 11.3 Å². The predicted octanol–water partition coefficient (Wildman–Crippen LogP) is 4.48. The number of amides is 1. The third-order valence-electron chi connectivity index (χ3n) is 5.40. The lowest BCUT2D eigenvalue weighted by Crippen LogP contribution is -2.31. The second-order valence-corrected chi connectivity index (χ2v) is 7.26. The summed E-state index contributed by atoms with van der Waals surface area (Å²) in [4.78, 5) is 31.9. The number of hydrogen-bond acceptors (Lipinski definition) is 6. The fourth-order valence-electron chi connectivity index (χ4n) is 3.89. The topological polar surface area (TPSA) is 107 Å². The van der Waals surface area contributed by atoms with E-state index in [1.807, 2.05) is 18.2 Å². The van der Waals surface area contributed by atoms with E-state index < -0.39 is 23.5 Å². The number of aromatic nitrogens is 1. The molecule has 7 heteroatoms. The Morgan fingerprint density at radius 3 is 2.47 bits per heavy atom. The van der Waals surface area contributed by atoms with E-state index in [0.717, 1.165) is 5.39 Å².